The van der Waals surface area contributed by atoms with Gasteiger partial charge in [-0.15, -0.1) is 11.6 Å². The minimum absolute atomic E-state index is 0.0907. The Kier molecular flexibility index (Phi) is 5.51. The molecule has 1 aromatic carbocycles. The molecular formula is C11H13Cl2NO. The van der Waals surface area contributed by atoms with Gasteiger partial charge in [0.25, 0.3) is 5.91 Å². The molecule has 0 unspecified atom stereocenters. The van der Waals surface area contributed by atoms with Gasteiger partial charge in [-0.2, -0.15) is 0 Å². The van der Waals surface area contributed by atoms with E-state index in [1.54, 1.807) is 24.3 Å². The molecule has 2 nitrogen and oxygen atoms in total. The maximum Gasteiger partial charge on any atom is 0.251 e. The highest BCUT2D eigenvalue weighted by Crippen LogP contribution is 2.10. The number of amides is 1. The third kappa shape index (κ3) is 4.54. The third-order valence-corrected chi connectivity index (χ3v) is 2.44. The largest absolute Gasteiger partial charge is 0.352 e. The highest BCUT2D eigenvalue weighted by Gasteiger charge is 2.04. The molecule has 0 heterocycles. The van der Waals surface area contributed by atoms with Crippen molar-refractivity contribution < 1.29 is 4.79 Å². The lowest BCUT2D eigenvalue weighted by Crippen LogP contribution is -2.24. The van der Waals surface area contributed by atoms with Gasteiger partial charge in [0, 0.05) is 23.0 Å². The summed E-state index contributed by atoms with van der Waals surface area (Å²) in [5, 5.41) is 3.38. The van der Waals surface area contributed by atoms with E-state index in [1.807, 2.05) is 0 Å². The molecule has 0 bridgehead atoms. The molecule has 0 aliphatic heterocycles. The summed E-state index contributed by atoms with van der Waals surface area (Å²) in [6, 6.07) is 6.89. The average Bonchev–Trinajstić information content (AvgIpc) is 2.24. The van der Waals surface area contributed by atoms with E-state index in [2.05, 4.69) is 5.32 Å². The van der Waals surface area contributed by atoms with Crippen LogP contribution >= 0.6 is 23.2 Å². The molecule has 0 saturated heterocycles. The number of unbranched alkanes of at least 4 members (excludes halogenated alkanes) is 1. The number of carbonyl (C=O) groups is 1. The van der Waals surface area contributed by atoms with Crippen molar-refractivity contribution in [2.24, 2.45) is 0 Å². The van der Waals surface area contributed by atoms with Crippen LogP contribution < -0.4 is 5.32 Å². The van der Waals surface area contributed by atoms with Crippen LogP contribution in [0.3, 0.4) is 0 Å². The van der Waals surface area contributed by atoms with E-state index in [0.29, 0.717) is 23.0 Å². The zero-order valence-electron chi connectivity index (χ0n) is 8.30. The first kappa shape index (κ1) is 12.3. The van der Waals surface area contributed by atoms with Gasteiger partial charge in [0.05, 0.1) is 0 Å². The monoisotopic (exact) mass is 245 g/mol. The molecule has 82 valence electrons. The summed E-state index contributed by atoms with van der Waals surface area (Å²) in [6.45, 7) is 0.651. The Morgan fingerprint density at radius 3 is 2.80 bits per heavy atom. The van der Waals surface area contributed by atoms with Crippen molar-refractivity contribution in [3.05, 3.63) is 34.9 Å². The van der Waals surface area contributed by atoms with E-state index in [9.17, 15) is 4.79 Å². The van der Waals surface area contributed by atoms with Gasteiger partial charge in [0.1, 0.15) is 0 Å². The normalized spacial score (nSPS) is 10.0. The molecule has 0 atom stereocenters. The van der Waals surface area contributed by atoms with E-state index < -0.39 is 0 Å². The molecule has 1 aromatic rings. The first-order valence-corrected chi connectivity index (χ1v) is 5.75. The Balaban J connectivity index is 2.40. The molecule has 0 aliphatic rings. The van der Waals surface area contributed by atoms with E-state index >= 15 is 0 Å². The van der Waals surface area contributed by atoms with E-state index in [-0.39, 0.29) is 5.91 Å². The fourth-order valence-corrected chi connectivity index (χ4v) is 1.53. The zero-order valence-corrected chi connectivity index (χ0v) is 9.81. The Morgan fingerprint density at radius 1 is 1.33 bits per heavy atom. The van der Waals surface area contributed by atoms with Gasteiger partial charge in [0.15, 0.2) is 0 Å². The van der Waals surface area contributed by atoms with Gasteiger partial charge < -0.3 is 5.32 Å². The number of benzene rings is 1. The molecule has 1 N–H and O–H groups in total. The highest BCUT2D eigenvalue weighted by atomic mass is 35.5. The van der Waals surface area contributed by atoms with Crippen molar-refractivity contribution in [2.45, 2.75) is 12.8 Å². The predicted octanol–water partition coefficient (Wildman–Crippen LogP) is 3.09. The average molecular weight is 246 g/mol. The Hall–Kier alpha value is -0.730. The molecule has 15 heavy (non-hydrogen) atoms. The smallest absolute Gasteiger partial charge is 0.251 e. The van der Waals surface area contributed by atoms with Crippen molar-refractivity contribution in [1.29, 1.82) is 0 Å². The standard InChI is InChI=1S/C11H13Cl2NO/c12-6-1-2-7-14-11(15)9-4-3-5-10(13)8-9/h3-5,8H,1-2,6-7H2,(H,14,15). The topological polar surface area (TPSA) is 29.1 Å². The number of carbonyl (C=O) groups excluding carboxylic acids is 1. The molecule has 0 spiro atoms. The van der Waals surface area contributed by atoms with Crippen LogP contribution in [0.4, 0.5) is 0 Å². The SMILES string of the molecule is O=C(NCCCCCl)c1cccc(Cl)c1. The Bertz CT molecular complexity index is 328. The van der Waals surface area contributed by atoms with Crippen LogP contribution in [-0.2, 0) is 0 Å². The molecule has 0 aromatic heterocycles. The molecule has 0 radical (unpaired) electrons. The number of hydrogen-bond acceptors (Lipinski definition) is 1. The molecule has 0 aliphatic carbocycles. The third-order valence-electron chi connectivity index (χ3n) is 1.93. The van der Waals surface area contributed by atoms with E-state index in [1.165, 1.54) is 0 Å². The number of rotatable bonds is 5. The van der Waals surface area contributed by atoms with Gasteiger partial charge in [-0.05, 0) is 31.0 Å². The molecule has 0 saturated carbocycles. The molecule has 0 fully saturated rings. The van der Waals surface area contributed by atoms with Crippen LogP contribution in [0.1, 0.15) is 23.2 Å². The first-order valence-electron chi connectivity index (χ1n) is 4.84. The van der Waals surface area contributed by atoms with E-state index in [4.69, 9.17) is 23.2 Å². The van der Waals surface area contributed by atoms with Crippen molar-refractivity contribution in [3.63, 3.8) is 0 Å². The predicted molar refractivity (Wildman–Crippen MR) is 63.7 cm³/mol. The second kappa shape index (κ2) is 6.70. The quantitative estimate of drug-likeness (QED) is 0.627. The molecular weight excluding hydrogens is 233 g/mol. The summed E-state index contributed by atoms with van der Waals surface area (Å²) in [5.41, 5.74) is 0.591. The number of hydrogen-bond donors (Lipinski definition) is 1. The Labute approximate surface area is 99.6 Å². The Morgan fingerprint density at radius 2 is 2.13 bits per heavy atom. The fourth-order valence-electron chi connectivity index (χ4n) is 1.15. The van der Waals surface area contributed by atoms with Crippen molar-refractivity contribution >= 4 is 29.1 Å². The van der Waals surface area contributed by atoms with Crippen molar-refractivity contribution in [3.8, 4) is 0 Å². The first-order chi connectivity index (χ1) is 7.24. The van der Waals surface area contributed by atoms with Gasteiger partial charge in [-0.25, -0.2) is 0 Å². The van der Waals surface area contributed by atoms with Crippen LogP contribution in [0.5, 0.6) is 0 Å². The van der Waals surface area contributed by atoms with Crippen LogP contribution in [0.2, 0.25) is 5.02 Å². The summed E-state index contributed by atoms with van der Waals surface area (Å²) >= 11 is 11.3. The van der Waals surface area contributed by atoms with Gasteiger partial charge in [-0.3, -0.25) is 4.79 Å². The lowest BCUT2D eigenvalue weighted by molar-refractivity contribution is 0.0953. The van der Waals surface area contributed by atoms with Gasteiger partial charge >= 0.3 is 0 Å². The zero-order chi connectivity index (χ0) is 11.1. The molecule has 4 heteroatoms. The van der Waals surface area contributed by atoms with Crippen LogP contribution in [0.25, 0.3) is 0 Å². The number of halogens is 2. The number of alkyl halides is 1. The van der Waals surface area contributed by atoms with Crippen molar-refractivity contribution in [2.75, 3.05) is 12.4 Å². The number of nitrogens with one attached hydrogen (secondary N) is 1. The van der Waals surface area contributed by atoms with Crippen molar-refractivity contribution in [1.82, 2.24) is 5.32 Å². The minimum atomic E-state index is -0.0907. The van der Waals surface area contributed by atoms with E-state index in [0.717, 1.165) is 12.8 Å². The fraction of sp³-hybridized carbons (Fsp3) is 0.364. The van der Waals surface area contributed by atoms with Gasteiger partial charge in [0.2, 0.25) is 0 Å². The lowest BCUT2D eigenvalue weighted by Gasteiger charge is -2.04. The second-order valence-electron chi connectivity index (χ2n) is 3.16. The van der Waals surface area contributed by atoms with Gasteiger partial charge in [-0.1, -0.05) is 17.7 Å². The van der Waals surface area contributed by atoms with Crippen LogP contribution in [0.15, 0.2) is 24.3 Å². The summed E-state index contributed by atoms with van der Waals surface area (Å²) in [7, 11) is 0. The summed E-state index contributed by atoms with van der Waals surface area (Å²) < 4.78 is 0. The maximum absolute atomic E-state index is 11.6. The highest BCUT2D eigenvalue weighted by molar-refractivity contribution is 6.30. The molecule has 1 amide bonds. The summed E-state index contributed by atoms with van der Waals surface area (Å²) in [6.07, 6.45) is 1.81. The van der Waals surface area contributed by atoms with Crippen LogP contribution in [-0.4, -0.2) is 18.3 Å². The molecule has 1 rings (SSSR count). The maximum atomic E-state index is 11.6. The van der Waals surface area contributed by atoms with Crippen LogP contribution in [0, 0.1) is 0 Å². The minimum Gasteiger partial charge on any atom is -0.352 e. The second-order valence-corrected chi connectivity index (χ2v) is 3.98. The lowest BCUT2D eigenvalue weighted by atomic mass is 10.2. The summed E-state index contributed by atoms with van der Waals surface area (Å²) in [4.78, 5) is 11.6. The summed E-state index contributed by atoms with van der Waals surface area (Å²) in [5.74, 6) is 0.541.